The highest BCUT2D eigenvalue weighted by Gasteiger charge is 2.10. The number of nitrogens with two attached hydrogens (primary N) is 1. The Morgan fingerprint density at radius 1 is 1.48 bits per heavy atom. The van der Waals surface area contributed by atoms with Crippen molar-refractivity contribution < 1.29 is 0 Å². The number of hydrogen-bond acceptors (Lipinski definition) is 2. The quantitative estimate of drug-likeness (QED) is 0.670. The van der Waals surface area contributed by atoms with Crippen molar-refractivity contribution in [2.45, 2.75) is 19.5 Å². The molecule has 0 fully saturated rings. The maximum atomic E-state index is 6.17. The van der Waals surface area contributed by atoms with Gasteiger partial charge in [0.25, 0.3) is 0 Å². The van der Waals surface area contributed by atoms with Gasteiger partial charge in [-0.2, -0.15) is 0 Å². The molecule has 0 aliphatic heterocycles. The van der Waals surface area contributed by atoms with E-state index in [1.165, 1.54) is 0 Å². The number of rotatable bonds is 4. The molecule has 1 heterocycles. The van der Waals surface area contributed by atoms with E-state index in [1.54, 1.807) is 18.3 Å². The van der Waals surface area contributed by atoms with Gasteiger partial charge in [0.1, 0.15) is 12.4 Å². The van der Waals surface area contributed by atoms with E-state index in [1.807, 2.05) is 30.8 Å². The lowest BCUT2D eigenvalue weighted by atomic mass is 10.1. The third-order valence-corrected chi connectivity index (χ3v) is 3.67. The van der Waals surface area contributed by atoms with Crippen molar-refractivity contribution in [2.24, 2.45) is 17.8 Å². The van der Waals surface area contributed by atoms with Gasteiger partial charge in [-0.05, 0) is 24.6 Å². The summed E-state index contributed by atoms with van der Waals surface area (Å²) in [6.45, 7) is 2.38. The van der Waals surface area contributed by atoms with Gasteiger partial charge in [0, 0.05) is 29.5 Å². The second-order valence-corrected chi connectivity index (χ2v) is 5.53. The number of aryl methyl sites for hydroxylation is 1. The van der Waals surface area contributed by atoms with Crippen LogP contribution in [0.1, 0.15) is 24.4 Å². The van der Waals surface area contributed by atoms with Crippen LogP contribution < -0.4 is 11.1 Å². The molecule has 7 heteroatoms. The zero-order chi connectivity index (χ0) is 15.4. The largest absolute Gasteiger partial charge is 0.370 e. The third kappa shape index (κ3) is 4.12. The molecule has 0 saturated heterocycles. The first-order valence-corrected chi connectivity index (χ1v) is 7.20. The normalized spacial score (nSPS) is 13.2. The monoisotopic (exact) mass is 325 g/mol. The molecule has 1 aromatic heterocycles. The number of aromatic nitrogens is 2. The lowest BCUT2D eigenvalue weighted by molar-refractivity contribution is 0.703. The van der Waals surface area contributed by atoms with E-state index < -0.39 is 0 Å². The number of hydrogen-bond donors (Lipinski definition) is 2. The highest BCUT2D eigenvalue weighted by Crippen LogP contribution is 2.25. The Kier molecular flexibility index (Phi) is 5.09. The van der Waals surface area contributed by atoms with Crippen molar-refractivity contribution in [1.29, 1.82) is 0 Å². The van der Waals surface area contributed by atoms with Crippen molar-refractivity contribution in [3.05, 3.63) is 52.0 Å². The molecule has 2 aromatic rings. The van der Waals surface area contributed by atoms with E-state index in [4.69, 9.17) is 28.9 Å². The number of nitrogens with one attached hydrogen (secondary N) is 1. The molecular weight excluding hydrogens is 309 g/mol. The van der Waals surface area contributed by atoms with E-state index in [2.05, 4.69) is 15.3 Å². The molecule has 0 amide bonds. The average molecular weight is 326 g/mol. The Balaban J connectivity index is 2.01. The summed E-state index contributed by atoms with van der Waals surface area (Å²) in [5.41, 5.74) is 6.80. The molecule has 21 heavy (non-hydrogen) atoms. The summed E-state index contributed by atoms with van der Waals surface area (Å²) in [7, 11) is 1.91. The molecule has 1 aromatic carbocycles. The number of aliphatic imine (C=N–C) groups is 1. The van der Waals surface area contributed by atoms with Gasteiger partial charge in [-0.15, -0.1) is 0 Å². The summed E-state index contributed by atoms with van der Waals surface area (Å²) in [6.07, 6.45) is 3.59. The average Bonchev–Trinajstić information content (AvgIpc) is 2.81. The van der Waals surface area contributed by atoms with Crippen LogP contribution in [0.2, 0.25) is 10.0 Å². The molecule has 0 spiro atoms. The predicted molar refractivity (Wildman–Crippen MR) is 86.5 cm³/mol. The first-order chi connectivity index (χ1) is 9.97. The fourth-order valence-electron chi connectivity index (χ4n) is 1.90. The topological polar surface area (TPSA) is 68.2 Å². The van der Waals surface area contributed by atoms with E-state index in [0.717, 1.165) is 11.4 Å². The summed E-state index contributed by atoms with van der Waals surface area (Å²) in [5, 5.41) is 4.30. The second kappa shape index (κ2) is 6.83. The fraction of sp³-hybridized carbons (Fsp3) is 0.286. The number of guanidine groups is 1. The molecule has 0 radical (unpaired) electrons. The minimum Gasteiger partial charge on any atom is -0.370 e. The number of benzene rings is 1. The first kappa shape index (κ1) is 15.7. The Labute approximate surface area is 133 Å². The van der Waals surface area contributed by atoms with E-state index in [9.17, 15) is 0 Å². The Bertz CT molecular complexity index is 651. The van der Waals surface area contributed by atoms with Crippen LogP contribution in [0.3, 0.4) is 0 Å². The number of imidazole rings is 1. The SMILES string of the molecule is CC(NC(N)=NCc1nccn1C)c1ccc(Cl)cc1Cl. The summed E-state index contributed by atoms with van der Waals surface area (Å²) >= 11 is 12.1. The van der Waals surface area contributed by atoms with Gasteiger partial charge < -0.3 is 15.6 Å². The molecular formula is C14H17Cl2N5. The van der Waals surface area contributed by atoms with Gasteiger partial charge in [-0.3, -0.25) is 0 Å². The van der Waals surface area contributed by atoms with Crippen LogP contribution in [0, 0.1) is 0 Å². The smallest absolute Gasteiger partial charge is 0.189 e. The molecule has 0 bridgehead atoms. The Morgan fingerprint density at radius 3 is 2.86 bits per heavy atom. The maximum absolute atomic E-state index is 6.17. The van der Waals surface area contributed by atoms with E-state index >= 15 is 0 Å². The molecule has 1 unspecified atom stereocenters. The van der Waals surface area contributed by atoms with Crippen LogP contribution in [-0.4, -0.2) is 15.5 Å². The standard InChI is InChI=1S/C14H17Cl2N5/c1-9(11-4-3-10(15)7-12(11)16)20-14(17)19-8-13-18-5-6-21(13)2/h3-7,9H,8H2,1-2H3,(H3,17,19,20). The Hall–Kier alpha value is -1.72. The van der Waals surface area contributed by atoms with Crippen molar-refractivity contribution in [3.63, 3.8) is 0 Å². The summed E-state index contributed by atoms with van der Waals surface area (Å²) < 4.78 is 1.90. The minimum absolute atomic E-state index is 0.0695. The summed E-state index contributed by atoms with van der Waals surface area (Å²) in [4.78, 5) is 8.46. The third-order valence-electron chi connectivity index (χ3n) is 3.11. The molecule has 0 aliphatic rings. The zero-order valence-corrected chi connectivity index (χ0v) is 13.4. The van der Waals surface area contributed by atoms with E-state index in [0.29, 0.717) is 22.5 Å². The molecule has 112 valence electrons. The Morgan fingerprint density at radius 2 is 2.24 bits per heavy atom. The van der Waals surface area contributed by atoms with Crippen LogP contribution in [0.15, 0.2) is 35.6 Å². The molecule has 3 N–H and O–H groups in total. The molecule has 0 saturated carbocycles. The lowest BCUT2D eigenvalue weighted by Crippen LogP contribution is -2.34. The molecule has 1 atom stereocenters. The van der Waals surface area contributed by atoms with Gasteiger partial charge in [-0.1, -0.05) is 29.3 Å². The van der Waals surface area contributed by atoms with Crippen LogP contribution in [-0.2, 0) is 13.6 Å². The molecule has 2 rings (SSSR count). The zero-order valence-electron chi connectivity index (χ0n) is 11.8. The summed E-state index contributed by atoms with van der Waals surface area (Å²) in [5.74, 6) is 1.19. The van der Waals surface area contributed by atoms with Crippen LogP contribution in [0.25, 0.3) is 0 Å². The highest BCUT2D eigenvalue weighted by molar-refractivity contribution is 6.35. The van der Waals surface area contributed by atoms with Gasteiger partial charge in [0.2, 0.25) is 0 Å². The highest BCUT2D eigenvalue weighted by atomic mass is 35.5. The molecule has 5 nitrogen and oxygen atoms in total. The van der Waals surface area contributed by atoms with Gasteiger partial charge >= 0.3 is 0 Å². The number of halogens is 2. The van der Waals surface area contributed by atoms with Crippen LogP contribution >= 0.6 is 23.2 Å². The second-order valence-electron chi connectivity index (χ2n) is 4.69. The van der Waals surface area contributed by atoms with Gasteiger partial charge in [0.15, 0.2) is 5.96 Å². The first-order valence-electron chi connectivity index (χ1n) is 6.45. The van der Waals surface area contributed by atoms with Crippen molar-refractivity contribution in [1.82, 2.24) is 14.9 Å². The van der Waals surface area contributed by atoms with Crippen molar-refractivity contribution >= 4 is 29.2 Å². The van der Waals surface area contributed by atoms with Crippen molar-refractivity contribution in [3.8, 4) is 0 Å². The van der Waals surface area contributed by atoms with Crippen LogP contribution in [0.5, 0.6) is 0 Å². The predicted octanol–water partition coefficient (Wildman–Crippen LogP) is 2.89. The van der Waals surface area contributed by atoms with E-state index in [-0.39, 0.29) is 6.04 Å². The summed E-state index contributed by atoms with van der Waals surface area (Å²) in [6, 6.07) is 5.30. The fourth-order valence-corrected chi connectivity index (χ4v) is 2.47. The number of nitrogens with zero attached hydrogens (tertiary/aromatic N) is 3. The lowest BCUT2D eigenvalue weighted by Gasteiger charge is -2.16. The van der Waals surface area contributed by atoms with Gasteiger partial charge in [0.05, 0.1) is 6.04 Å². The minimum atomic E-state index is -0.0695. The molecule has 0 aliphatic carbocycles. The van der Waals surface area contributed by atoms with Crippen molar-refractivity contribution in [2.75, 3.05) is 0 Å². The van der Waals surface area contributed by atoms with Gasteiger partial charge in [-0.25, -0.2) is 9.98 Å². The maximum Gasteiger partial charge on any atom is 0.189 e. The van der Waals surface area contributed by atoms with Crippen LogP contribution in [0.4, 0.5) is 0 Å².